The first kappa shape index (κ1) is 22.5. The number of carbonyl (C=O) groups excluding carboxylic acids is 3. The van der Waals surface area contributed by atoms with Gasteiger partial charge < -0.3 is 25.0 Å². The minimum atomic E-state index is -0.550. The average Bonchev–Trinajstić information content (AvgIpc) is 2.61. The molecule has 2 aliphatic rings. The topological polar surface area (TPSA) is 97.0 Å². The van der Waals surface area contributed by atoms with Gasteiger partial charge in [-0.3, -0.25) is 9.59 Å². The molecule has 0 bridgehead atoms. The summed E-state index contributed by atoms with van der Waals surface area (Å²) in [5.74, 6) is 0.550. The molecule has 8 heteroatoms. The van der Waals surface area contributed by atoms with E-state index >= 15 is 0 Å². The molecule has 0 aromatic carbocycles. The third-order valence-corrected chi connectivity index (χ3v) is 5.03. The van der Waals surface area contributed by atoms with E-state index in [4.69, 9.17) is 9.47 Å². The Morgan fingerprint density at radius 3 is 2.32 bits per heavy atom. The first-order valence-electron chi connectivity index (χ1n) is 10.3. The van der Waals surface area contributed by atoms with Gasteiger partial charge in [0.15, 0.2) is 0 Å². The van der Waals surface area contributed by atoms with Crippen LogP contribution in [0, 0.1) is 5.92 Å². The Morgan fingerprint density at radius 1 is 1.07 bits per heavy atom. The van der Waals surface area contributed by atoms with Crippen LogP contribution >= 0.6 is 0 Å². The fraction of sp³-hybridized carbons (Fsp3) is 0.850. The molecule has 0 radical (unpaired) electrons. The van der Waals surface area contributed by atoms with E-state index in [1.807, 2.05) is 0 Å². The minimum Gasteiger partial charge on any atom is -0.444 e. The summed E-state index contributed by atoms with van der Waals surface area (Å²) in [6.45, 7) is 8.41. The number of ether oxygens (including phenoxy) is 2. The molecule has 0 aliphatic carbocycles. The van der Waals surface area contributed by atoms with Crippen LogP contribution in [0.3, 0.4) is 0 Å². The average molecular weight is 398 g/mol. The molecule has 0 spiro atoms. The van der Waals surface area contributed by atoms with Crippen molar-refractivity contribution in [2.75, 3.05) is 32.8 Å². The van der Waals surface area contributed by atoms with Gasteiger partial charge in [-0.25, -0.2) is 4.79 Å². The number of carbonyl (C=O) groups is 3. The summed E-state index contributed by atoms with van der Waals surface area (Å²) >= 11 is 0. The zero-order valence-electron chi connectivity index (χ0n) is 17.4. The van der Waals surface area contributed by atoms with Gasteiger partial charge in [-0.1, -0.05) is 0 Å². The van der Waals surface area contributed by atoms with Crippen molar-refractivity contribution in [2.45, 2.75) is 70.9 Å². The lowest BCUT2D eigenvalue weighted by Gasteiger charge is -2.33. The number of piperidine rings is 1. The zero-order valence-corrected chi connectivity index (χ0v) is 17.4. The van der Waals surface area contributed by atoms with Crippen molar-refractivity contribution in [2.24, 2.45) is 5.92 Å². The number of nitrogens with zero attached hydrogens (tertiary/aromatic N) is 1. The molecule has 2 fully saturated rings. The van der Waals surface area contributed by atoms with Gasteiger partial charge in [0.25, 0.3) is 0 Å². The van der Waals surface area contributed by atoms with Crippen LogP contribution in [0.2, 0.25) is 0 Å². The molecule has 0 unspecified atom stereocenters. The summed E-state index contributed by atoms with van der Waals surface area (Å²) in [4.78, 5) is 37.9. The van der Waals surface area contributed by atoms with Crippen molar-refractivity contribution in [3.63, 3.8) is 0 Å². The first-order chi connectivity index (χ1) is 13.2. The first-order valence-corrected chi connectivity index (χ1v) is 10.3. The van der Waals surface area contributed by atoms with E-state index in [1.54, 1.807) is 25.7 Å². The van der Waals surface area contributed by atoms with Crippen LogP contribution in [0.5, 0.6) is 0 Å². The van der Waals surface area contributed by atoms with E-state index in [1.165, 1.54) is 0 Å². The van der Waals surface area contributed by atoms with Crippen LogP contribution in [-0.2, 0) is 19.1 Å². The summed E-state index contributed by atoms with van der Waals surface area (Å²) in [5, 5.41) is 5.72. The Morgan fingerprint density at radius 2 is 1.71 bits per heavy atom. The fourth-order valence-electron chi connectivity index (χ4n) is 3.52. The minimum absolute atomic E-state index is 0.0167. The second kappa shape index (κ2) is 10.6. The Balaban J connectivity index is 1.59. The molecule has 2 aliphatic heterocycles. The second-order valence-corrected chi connectivity index (χ2v) is 8.66. The number of alkyl carbamates (subject to hydrolysis) is 1. The van der Waals surface area contributed by atoms with Gasteiger partial charge in [-0.15, -0.1) is 0 Å². The molecular formula is C20H35N3O5. The molecule has 160 valence electrons. The van der Waals surface area contributed by atoms with Crippen molar-refractivity contribution in [1.29, 1.82) is 0 Å². The molecule has 2 N–H and O–H groups in total. The van der Waals surface area contributed by atoms with Gasteiger partial charge in [0, 0.05) is 51.7 Å². The third kappa shape index (κ3) is 8.46. The highest BCUT2D eigenvalue weighted by Crippen LogP contribution is 2.19. The number of hydrogen-bond donors (Lipinski definition) is 2. The molecule has 0 aromatic rings. The van der Waals surface area contributed by atoms with Gasteiger partial charge in [-0.05, 0) is 52.4 Å². The molecule has 0 saturated carbocycles. The Bertz CT molecular complexity index is 532. The van der Waals surface area contributed by atoms with E-state index in [0.717, 1.165) is 38.9 Å². The monoisotopic (exact) mass is 397 g/mol. The fourth-order valence-corrected chi connectivity index (χ4v) is 3.52. The van der Waals surface area contributed by atoms with Crippen molar-refractivity contribution in [3.05, 3.63) is 0 Å². The van der Waals surface area contributed by atoms with E-state index in [-0.39, 0.29) is 30.8 Å². The predicted octanol–water partition coefficient (Wildman–Crippen LogP) is 1.83. The number of nitrogens with one attached hydrogen (secondary N) is 2. The van der Waals surface area contributed by atoms with Crippen LogP contribution in [0.25, 0.3) is 0 Å². The molecule has 2 rings (SSSR count). The second-order valence-electron chi connectivity index (χ2n) is 8.66. The highest BCUT2D eigenvalue weighted by Gasteiger charge is 2.25. The lowest BCUT2D eigenvalue weighted by molar-refractivity contribution is -0.132. The molecule has 0 atom stereocenters. The maximum atomic E-state index is 12.3. The van der Waals surface area contributed by atoms with Gasteiger partial charge >= 0.3 is 6.09 Å². The summed E-state index contributed by atoms with van der Waals surface area (Å²) in [7, 11) is 0. The lowest BCUT2D eigenvalue weighted by atomic mass is 9.95. The van der Waals surface area contributed by atoms with Gasteiger partial charge in [0.05, 0.1) is 0 Å². The van der Waals surface area contributed by atoms with Gasteiger partial charge in [0.1, 0.15) is 5.60 Å². The largest absolute Gasteiger partial charge is 0.444 e. The smallest absolute Gasteiger partial charge is 0.407 e. The number of hydrogen-bond acceptors (Lipinski definition) is 5. The maximum absolute atomic E-state index is 12.3. The highest BCUT2D eigenvalue weighted by atomic mass is 16.6. The van der Waals surface area contributed by atoms with E-state index < -0.39 is 11.7 Å². The molecule has 28 heavy (non-hydrogen) atoms. The van der Waals surface area contributed by atoms with Crippen molar-refractivity contribution in [1.82, 2.24) is 15.5 Å². The van der Waals surface area contributed by atoms with E-state index in [2.05, 4.69) is 10.6 Å². The van der Waals surface area contributed by atoms with E-state index in [9.17, 15) is 14.4 Å². The van der Waals surface area contributed by atoms with Crippen LogP contribution in [0.15, 0.2) is 0 Å². The summed E-state index contributed by atoms with van der Waals surface area (Å²) in [6.07, 6.45) is 3.76. The molecule has 3 amide bonds. The van der Waals surface area contributed by atoms with Gasteiger partial charge in [-0.2, -0.15) is 0 Å². The quantitative estimate of drug-likeness (QED) is 0.713. The molecule has 0 aromatic heterocycles. The number of likely N-dealkylation sites (tertiary alicyclic amines) is 1. The summed E-state index contributed by atoms with van der Waals surface area (Å²) < 4.78 is 10.5. The third-order valence-electron chi connectivity index (χ3n) is 5.03. The summed E-state index contributed by atoms with van der Waals surface area (Å²) in [5.41, 5.74) is -0.550. The zero-order chi connectivity index (χ0) is 20.6. The molecule has 2 saturated heterocycles. The van der Waals surface area contributed by atoms with Gasteiger partial charge in [0.2, 0.25) is 11.8 Å². The Labute approximate surface area is 167 Å². The Kier molecular flexibility index (Phi) is 8.54. The summed E-state index contributed by atoms with van der Waals surface area (Å²) in [6, 6.07) is 0.135. The molecule has 2 heterocycles. The van der Waals surface area contributed by atoms with Crippen LogP contribution in [0.1, 0.15) is 59.3 Å². The van der Waals surface area contributed by atoms with Crippen molar-refractivity contribution < 1.29 is 23.9 Å². The highest BCUT2D eigenvalue weighted by molar-refractivity contribution is 5.78. The number of rotatable bonds is 6. The normalized spacial score (nSPS) is 19.2. The van der Waals surface area contributed by atoms with E-state index in [0.29, 0.717) is 25.4 Å². The SMILES string of the molecule is CC(C)(C)OC(=O)NCCC(=O)N1CCC(NC(=O)CC2CCOCC2)CC1. The lowest BCUT2D eigenvalue weighted by Crippen LogP contribution is -2.47. The number of amides is 3. The molecule has 8 nitrogen and oxygen atoms in total. The van der Waals surface area contributed by atoms with Crippen LogP contribution < -0.4 is 10.6 Å². The predicted molar refractivity (Wildman–Crippen MR) is 105 cm³/mol. The van der Waals surface area contributed by atoms with Crippen molar-refractivity contribution in [3.8, 4) is 0 Å². The Hall–Kier alpha value is -1.83. The molecular weight excluding hydrogens is 362 g/mol. The van der Waals surface area contributed by atoms with Crippen LogP contribution in [0.4, 0.5) is 4.79 Å². The standard InChI is InChI=1S/C20H35N3O5/c1-20(2,3)28-19(26)21-9-4-18(25)23-10-5-16(6-11-23)22-17(24)14-15-7-12-27-13-8-15/h15-16H,4-14H2,1-3H3,(H,21,26)(H,22,24). The van der Waals surface area contributed by atoms with Crippen molar-refractivity contribution >= 4 is 17.9 Å². The maximum Gasteiger partial charge on any atom is 0.407 e. The van der Waals surface area contributed by atoms with Crippen LogP contribution in [-0.4, -0.2) is 67.3 Å².